The zero-order chi connectivity index (χ0) is 13.5. The number of esters is 1. The topological polar surface area (TPSA) is 79.6 Å². The third-order valence-corrected chi connectivity index (χ3v) is 1.73. The lowest BCUT2D eigenvalue weighted by atomic mass is 10.2. The lowest BCUT2D eigenvalue weighted by molar-refractivity contribution is -0.140. The normalized spacial score (nSPS) is 10.3. The molecule has 0 spiro atoms. The smallest absolute Gasteiger partial charge is 0.411 e. The van der Waals surface area contributed by atoms with Crippen LogP contribution < -0.4 is 0 Å². The molecule has 96 valence electrons. The first-order valence-electron chi connectivity index (χ1n) is 5.22. The van der Waals surface area contributed by atoms with Crippen molar-refractivity contribution in [2.24, 2.45) is 0 Å². The SMILES string of the molecule is COC(=O)CCN(CC#N)C(=O)OC(C)(C)C. The first-order chi connectivity index (χ1) is 7.80. The van der Waals surface area contributed by atoms with Gasteiger partial charge in [-0.3, -0.25) is 9.69 Å². The fourth-order valence-corrected chi connectivity index (χ4v) is 0.975. The fourth-order valence-electron chi connectivity index (χ4n) is 0.975. The summed E-state index contributed by atoms with van der Waals surface area (Å²) in [5, 5.41) is 8.59. The number of methoxy groups -OCH3 is 1. The van der Waals surface area contributed by atoms with E-state index in [1.54, 1.807) is 20.8 Å². The van der Waals surface area contributed by atoms with Crippen LogP contribution in [-0.4, -0.2) is 42.8 Å². The molecule has 0 aliphatic rings. The van der Waals surface area contributed by atoms with E-state index in [1.165, 1.54) is 12.0 Å². The molecule has 0 aliphatic heterocycles. The Morgan fingerprint density at radius 1 is 1.35 bits per heavy atom. The molecule has 0 heterocycles. The van der Waals surface area contributed by atoms with Crippen molar-refractivity contribution in [2.75, 3.05) is 20.2 Å². The van der Waals surface area contributed by atoms with Crippen molar-refractivity contribution in [3.05, 3.63) is 0 Å². The molecule has 0 aromatic heterocycles. The lowest BCUT2D eigenvalue weighted by Gasteiger charge is -2.25. The van der Waals surface area contributed by atoms with Crippen LogP contribution >= 0.6 is 0 Å². The minimum absolute atomic E-state index is 0.0391. The van der Waals surface area contributed by atoms with Gasteiger partial charge in [-0.2, -0.15) is 5.26 Å². The third-order valence-electron chi connectivity index (χ3n) is 1.73. The minimum Gasteiger partial charge on any atom is -0.469 e. The summed E-state index contributed by atoms with van der Waals surface area (Å²) in [6.07, 6.45) is -0.569. The molecule has 6 heteroatoms. The van der Waals surface area contributed by atoms with Crippen molar-refractivity contribution in [1.29, 1.82) is 5.26 Å². The summed E-state index contributed by atoms with van der Waals surface area (Å²) in [6, 6.07) is 1.85. The van der Waals surface area contributed by atoms with E-state index in [2.05, 4.69) is 4.74 Å². The van der Waals surface area contributed by atoms with Gasteiger partial charge in [-0.25, -0.2) is 4.79 Å². The van der Waals surface area contributed by atoms with Crippen molar-refractivity contribution < 1.29 is 19.1 Å². The maximum Gasteiger partial charge on any atom is 0.411 e. The Kier molecular flexibility index (Phi) is 6.03. The number of ether oxygens (including phenoxy) is 2. The van der Waals surface area contributed by atoms with Gasteiger partial charge in [0.2, 0.25) is 0 Å². The number of rotatable bonds is 4. The number of amides is 1. The van der Waals surface area contributed by atoms with Crippen molar-refractivity contribution in [3.63, 3.8) is 0 Å². The zero-order valence-corrected chi connectivity index (χ0v) is 10.6. The van der Waals surface area contributed by atoms with Gasteiger partial charge in [-0.15, -0.1) is 0 Å². The summed E-state index contributed by atoms with van der Waals surface area (Å²) in [4.78, 5) is 23.8. The summed E-state index contributed by atoms with van der Waals surface area (Å²) < 4.78 is 9.56. The Balaban J connectivity index is 4.37. The van der Waals surface area contributed by atoms with Crippen LogP contribution in [0.5, 0.6) is 0 Å². The molecule has 0 aliphatic carbocycles. The van der Waals surface area contributed by atoms with Gasteiger partial charge in [0.25, 0.3) is 0 Å². The summed E-state index contributed by atoms with van der Waals surface area (Å²) in [6.45, 7) is 5.18. The average molecular weight is 242 g/mol. The first-order valence-corrected chi connectivity index (χ1v) is 5.22. The molecule has 0 rings (SSSR count). The first kappa shape index (κ1) is 15.2. The van der Waals surface area contributed by atoms with Crippen molar-refractivity contribution >= 4 is 12.1 Å². The molecule has 0 N–H and O–H groups in total. The van der Waals surface area contributed by atoms with Gasteiger partial charge < -0.3 is 9.47 Å². The largest absolute Gasteiger partial charge is 0.469 e. The summed E-state index contributed by atoms with van der Waals surface area (Å²) in [5.41, 5.74) is -0.629. The highest BCUT2D eigenvalue weighted by atomic mass is 16.6. The van der Waals surface area contributed by atoms with Crippen LogP contribution in [0.15, 0.2) is 0 Å². The Morgan fingerprint density at radius 2 is 1.94 bits per heavy atom. The van der Waals surface area contributed by atoms with E-state index in [9.17, 15) is 9.59 Å². The van der Waals surface area contributed by atoms with Crippen LogP contribution in [0.2, 0.25) is 0 Å². The monoisotopic (exact) mass is 242 g/mol. The molecule has 0 aromatic carbocycles. The van der Waals surface area contributed by atoms with E-state index in [1.807, 2.05) is 6.07 Å². The van der Waals surface area contributed by atoms with Gasteiger partial charge in [0, 0.05) is 6.54 Å². The molecule has 0 fully saturated rings. The van der Waals surface area contributed by atoms with Gasteiger partial charge in [-0.05, 0) is 20.8 Å². The number of carbonyl (C=O) groups is 2. The van der Waals surface area contributed by atoms with Gasteiger partial charge >= 0.3 is 12.1 Å². The van der Waals surface area contributed by atoms with Crippen LogP contribution in [0, 0.1) is 11.3 Å². The van der Waals surface area contributed by atoms with Gasteiger partial charge in [0.15, 0.2) is 0 Å². The molecule has 0 saturated heterocycles. The molecule has 0 aromatic rings. The van der Waals surface area contributed by atoms with Crippen LogP contribution in [0.3, 0.4) is 0 Å². The fraction of sp³-hybridized carbons (Fsp3) is 0.727. The second-order valence-corrected chi connectivity index (χ2v) is 4.39. The Morgan fingerprint density at radius 3 is 2.35 bits per heavy atom. The average Bonchev–Trinajstić information content (AvgIpc) is 2.20. The van der Waals surface area contributed by atoms with E-state index < -0.39 is 17.7 Å². The van der Waals surface area contributed by atoms with E-state index >= 15 is 0 Å². The zero-order valence-electron chi connectivity index (χ0n) is 10.6. The molecule has 0 bridgehead atoms. The predicted molar refractivity (Wildman–Crippen MR) is 60.1 cm³/mol. The van der Waals surface area contributed by atoms with Crippen molar-refractivity contribution in [3.8, 4) is 6.07 Å². The Labute approximate surface area is 101 Å². The Hall–Kier alpha value is -1.77. The van der Waals surface area contributed by atoms with E-state index in [0.29, 0.717) is 0 Å². The number of carbonyl (C=O) groups excluding carboxylic acids is 2. The molecular formula is C11H18N2O4. The number of nitriles is 1. The van der Waals surface area contributed by atoms with Crippen LogP contribution in [0.25, 0.3) is 0 Å². The minimum atomic E-state index is -0.629. The number of hydrogen-bond donors (Lipinski definition) is 0. The van der Waals surface area contributed by atoms with Crippen molar-refractivity contribution in [2.45, 2.75) is 32.8 Å². The number of hydrogen-bond acceptors (Lipinski definition) is 5. The molecule has 0 radical (unpaired) electrons. The summed E-state index contributed by atoms with van der Waals surface area (Å²) in [5.74, 6) is -0.434. The van der Waals surface area contributed by atoms with E-state index in [0.717, 1.165) is 0 Å². The maximum atomic E-state index is 11.7. The molecule has 1 amide bonds. The van der Waals surface area contributed by atoms with Crippen molar-refractivity contribution in [1.82, 2.24) is 4.90 Å². The number of nitrogens with zero attached hydrogens (tertiary/aromatic N) is 2. The molecule has 0 unspecified atom stereocenters. The highest BCUT2D eigenvalue weighted by molar-refractivity contribution is 5.72. The predicted octanol–water partition coefficient (Wildman–Crippen LogP) is 1.31. The molecule has 6 nitrogen and oxygen atoms in total. The highest BCUT2D eigenvalue weighted by Crippen LogP contribution is 2.10. The second-order valence-electron chi connectivity index (χ2n) is 4.39. The van der Waals surface area contributed by atoms with Crippen LogP contribution in [0.1, 0.15) is 27.2 Å². The lowest BCUT2D eigenvalue weighted by Crippen LogP contribution is -2.38. The third kappa shape index (κ3) is 7.17. The van der Waals surface area contributed by atoms with E-state index in [-0.39, 0.29) is 19.5 Å². The van der Waals surface area contributed by atoms with Crippen LogP contribution in [-0.2, 0) is 14.3 Å². The second kappa shape index (κ2) is 6.74. The molecular weight excluding hydrogens is 224 g/mol. The summed E-state index contributed by atoms with van der Waals surface area (Å²) in [7, 11) is 1.27. The van der Waals surface area contributed by atoms with Gasteiger partial charge in [0.05, 0.1) is 19.6 Å². The van der Waals surface area contributed by atoms with Gasteiger partial charge in [0.1, 0.15) is 12.1 Å². The molecule has 0 atom stereocenters. The quantitative estimate of drug-likeness (QED) is 0.548. The summed E-state index contributed by atoms with van der Waals surface area (Å²) >= 11 is 0. The standard InChI is InChI=1S/C11H18N2O4/c1-11(2,3)17-10(15)13(8-6-12)7-5-9(14)16-4/h5,7-8H2,1-4H3. The van der Waals surface area contributed by atoms with E-state index in [4.69, 9.17) is 10.00 Å². The van der Waals surface area contributed by atoms with Gasteiger partial charge in [-0.1, -0.05) is 0 Å². The maximum absolute atomic E-state index is 11.7. The Bertz CT molecular complexity index is 314. The highest BCUT2D eigenvalue weighted by Gasteiger charge is 2.22. The molecule has 17 heavy (non-hydrogen) atoms. The van der Waals surface area contributed by atoms with Crippen LogP contribution in [0.4, 0.5) is 4.79 Å². The molecule has 0 saturated carbocycles.